The molecule has 0 aliphatic heterocycles. The van der Waals surface area contributed by atoms with Crippen LogP contribution in [-0.2, 0) is 0 Å². The van der Waals surface area contributed by atoms with Crippen molar-refractivity contribution in [3.05, 3.63) is 206 Å². The number of rotatable bonds is 5. The van der Waals surface area contributed by atoms with E-state index in [4.69, 9.17) is 0 Å². The molecule has 0 spiro atoms. The second-order valence-corrected chi connectivity index (χ2v) is 16.0. The van der Waals surface area contributed by atoms with E-state index < -0.39 is 0 Å². The van der Waals surface area contributed by atoms with Crippen LogP contribution in [-0.4, -0.2) is 9.13 Å². The van der Waals surface area contributed by atoms with Crippen LogP contribution in [0.2, 0.25) is 0 Å². The zero-order valence-corrected chi connectivity index (χ0v) is 31.7. The Morgan fingerprint density at radius 3 is 1.39 bits per heavy atom. The van der Waals surface area contributed by atoms with Gasteiger partial charge in [-0.25, -0.2) is 0 Å². The van der Waals surface area contributed by atoms with E-state index in [2.05, 4.69) is 215 Å². The summed E-state index contributed by atoms with van der Waals surface area (Å²) in [6.07, 6.45) is 0. The largest absolute Gasteiger partial charge is 0.309 e. The Bertz CT molecular complexity index is 3470. The van der Waals surface area contributed by atoms with E-state index in [1.54, 1.807) is 0 Å². The molecule has 3 heterocycles. The van der Waals surface area contributed by atoms with Gasteiger partial charge in [0.25, 0.3) is 0 Å². The third-order valence-corrected chi connectivity index (χ3v) is 12.9. The van der Waals surface area contributed by atoms with Crippen LogP contribution < -0.4 is 0 Å². The van der Waals surface area contributed by atoms with Crippen LogP contribution in [0, 0.1) is 0 Å². The summed E-state index contributed by atoms with van der Waals surface area (Å²) in [7, 11) is 0. The summed E-state index contributed by atoms with van der Waals surface area (Å²) in [5.74, 6) is 0. The Morgan fingerprint density at radius 1 is 0.263 bits per heavy atom. The maximum Gasteiger partial charge on any atom is 0.0548 e. The minimum absolute atomic E-state index is 1.16. The molecular weight excluding hydrogens is 709 g/mol. The van der Waals surface area contributed by atoms with Crippen molar-refractivity contribution in [2.75, 3.05) is 0 Å². The van der Waals surface area contributed by atoms with Crippen molar-refractivity contribution in [3.8, 4) is 44.8 Å². The van der Waals surface area contributed by atoms with E-state index in [1.807, 2.05) is 11.3 Å². The van der Waals surface area contributed by atoms with E-state index in [0.29, 0.717) is 0 Å². The van der Waals surface area contributed by atoms with E-state index in [9.17, 15) is 0 Å². The predicted octanol–water partition coefficient (Wildman–Crippen LogP) is 15.2. The van der Waals surface area contributed by atoms with Crippen LogP contribution in [0.15, 0.2) is 206 Å². The van der Waals surface area contributed by atoms with Gasteiger partial charge in [0.15, 0.2) is 0 Å². The molecule has 0 amide bonds. The van der Waals surface area contributed by atoms with Crippen molar-refractivity contribution in [3.63, 3.8) is 0 Å². The van der Waals surface area contributed by atoms with Crippen molar-refractivity contribution in [2.24, 2.45) is 0 Å². The standard InChI is InChI=1S/C54H34N2S/c1-2-10-35(11-3-1)40-26-31-49-46(34-40)43-12-4-7-15-47(43)55(49)41-27-22-38(23-28-41)36-18-20-37(21-19-36)39-24-29-42(30-25-39)56-48-16-8-5-13-44(48)53-50(56)32-33-52-54(53)45-14-6-9-17-51(45)57-52/h1-34H. The highest BCUT2D eigenvalue weighted by molar-refractivity contribution is 7.26. The van der Waals surface area contributed by atoms with E-state index in [1.165, 1.54) is 103 Å². The van der Waals surface area contributed by atoms with Gasteiger partial charge in [0.2, 0.25) is 0 Å². The minimum atomic E-state index is 1.16. The summed E-state index contributed by atoms with van der Waals surface area (Å²) in [6.45, 7) is 0. The van der Waals surface area contributed by atoms with Crippen molar-refractivity contribution in [1.82, 2.24) is 9.13 Å². The minimum Gasteiger partial charge on any atom is -0.309 e. The Labute approximate surface area is 333 Å². The monoisotopic (exact) mass is 742 g/mol. The molecule has 266 valence electrons. The number of nitrogens with zero attached hydrogens (tertiary/aromatic N) is 2. The fraction of sp³-hybridized carbons (Fsp3) is 0. The average molecular weight is 743 g/mol. The van der Waals surface area contributed by atoms with Gasteiger partial charge in [0.05, 0.1) is 22.1 Å². The molecule has 3 heteroatoms. The molecule has 0 atom stereocenters. The lowest BCUT2D eigenvalue weighted by Crippen LogP contribution is -1.94. The quantitative estimate of drug-likeness (QED) is 0.166. The van der Waals surface area contributed by atoms with Crippen LogP contribution in [0.4, 0.5) is 0 Å². The Morgan fingerprint density at radius 2 is 0.719 bits per heavy atom. The van der Waals surface area contributed by atoms with Gasteiger partial charge in [0, 0.05) is 53.1 Å². The summed E-state index contributed by atoms with van der Waals surface area (Å²) in [5, 5.41) is 7.85. The zero-order valence-electron chi connectivity index (χ0n) is 30.9. The molecule has 0 aliphatic carbocycles. The third kappa shape index (κ3) is 5.03. The second kappa shape index (κ2) is 12.7. The maximum atomic E-state index is 2.42. The number of hydrogen-bond donors (Lipinski definition) is 0. The molecule has 12 aromatic rings. The van der Waals surface area contributed by atoms with Gasteiger partial charge in [-0.2, -0.15) is 0 Å². The Kier molecular flexibility index (Phi) is 7.13. The van der Waals surface area contributed by atoms with E-state index in [0.717, 1.165) is 5.69 Å². The highest BCUT2D eigenvalue weighted by Gasteiger charge is 2.18. The topological polar surface area (TPSA) is 9.86 Å². The van der Waals surface area contributed by atoms with Crippen LogP contribution in [0.25, 0.3) is 109 Å². The molecule has 0 aliphatic rings. The summed E-state index contributed by atoms with van der Waals surface area (Å²) < 4.78 is 7.48. The molecule has 0 saturated heterocycles. The molecule has 57 heavy (non-hydrogen) atoms. The molecular formula is C54H34N2S. The summed E-state index contributed by atoms with van der Waals surface area (Å²) in [5.41, 5.74) is 14.5. The lowest BCUT2D eigenvalue weighted by molar-refractivity contribution is 1.18. The third-order valence-electron chi connectivity index (χ3n) is 11.8. The summed E-state index contributed by atoms with van der Waals surface area (Å²) >= 11 is 1.88. The van der Waals surface area contributed by atoms with Crippen molar-refractivity contribution in [2.45, 2.75) is 0 Å². The Balaban J connectivity index is 0.860. The van der Waals surface area contributed by atoms with Crippen LogP contribution >= 0.6 is 11.3 Å². The molecule has 0 unspecified atom stereocenters. The smallest absolute Gasteiger partial charge is 0.0548 e. The first-order valence-corrected chi connectivity index (χ1v) is 20.3. The van der Waals surface area contributed by atoms with E-state index in [-0.39, 0.29) is 0 Å². The Hall–Kier alpha value is -7.20. The van der Waals surface area contributed by atoms with Gasteiger partial charge in [-0.05, 0) is 100 Å². The number of aromatic nitrogens is 2. The SMILES string of the molecule is c1ccc(-c2ccc3c(c2)c2ccccc2n3-c2ccc(-c3ccc(-c4ccc(-n5c6ccccc6c6c7c(ccc65)sc5ccccc57)cc4)cc3)cc2)cc1. The van der Waals surface area contributed by atoms with Gasteiger partial charge >= 0.3 is 0 Å². The lowest BCUT2D eigenvalue weighted by atomic mass is 10.00. The molecule has 0 saturated carbocycles. The first kappa shape index (κ1) is 32.1. The highest BCUT2D eigenvalue weighted by atomic mass is 32.1. The van der Waals surface area contributed by atoms with Crippen LogP contribution in [0.3, 0.4) is 0 Å². The molecule has 9 aromatic carbocycles. The summed E-state index contributed by atoms with van der Waals surface area (Å²) in [6, 6.07) is 75.4. The predicted molar refractivity (Wildman–Crippen MR) is 244 cm³/mol. The average Bonchev–Trinajstić information content (AvgIpc) is 3.94. The molecule has 12 rings (SSSR count). The first-order valence-electron chi connectivity index (χ1n) is 19.5. The molecule has 0 fully saturated rings. The van der Waals surface area contributed by atoms with Crippen molar-refractivity contribution >= 4 is 75.1 Å². The number of para-hydroxylation sites is 2. The van der Waals surface area contributed by atoms with Gasteiger partial charge < -0.3 is 9.13 Å². The normalized spacial score (nSPS) is 11.9. The summed E-state index contributed by atoms with van der Waals surface area (Å²) in [4.78, 5) is 0. The zero-order chi connectivity index (χ0) is 37.5. The molecule has 2 nitrogen and oxygen atoms in total. The number of thiophene rings is 1. The van der Waals surface area contributed by atoms with Crippen molar-refractivity contribution in [1.29, 1.82) is 0 Å². The van der Waals surface area contributed by atoms with Crippen molar-refractivity contribution < 1.29 is 0 Å². The number of hydrogen-bond acceptors (Lipinski definition) is 1. The van der Waals surface area contributed by atoms with Gasteiger partial charge in [-0.3, -0.25) is 0 Å². The van der Waals surface area contributed by atoms with E-state index >= 15 is 0 Å². The fourth-order valence-corrected chi connectivity index (χ4v) is 10.2. The first-order chi connectivity index (χ1) is 28.3. The molecule has 3 aromatic heterocycles. The molecule has 0 N–H and O–H groups in total. The fourth-order valence-electron chi connectivity index (χ4n) is 9.07. The second-order valence-electron chi connectivity index (χ2n) is 14.9. The number of benzene rings is 9. The lowest BCUT2D eigenvalue weighted by Gasteiger charge is -2.11. The highest BCUT2D eigenvalue weighted by Crippen LogP contribution is 2.43. The molecule has 0 radical (unpaired) electrons. The maximum absolute atomic E-state index is 2.42. The molecule has 0 bridgehead atoms. The van der Waals surface area contributed by atoms with Crippen LogP contribution in [0.5, 0.6) is 0 Å². The number of fused-ring (bicyclic) bond motifs is 10. The van der Waals surface area contributed by atoms with Crippen LogP contribution in [0.1, 0.15) is 0 Å². The van der Waals surface area contributed by atoms with Gasteiger partial charge in [0.1, 0.15) is 0 Å². The van der Waals surface area contributed by atoms with Gasteiger partial charge in [-0.1, -0.05) is 140 Å². The van der Waals surface area contributed by atoms with Gasteiger partial charge in [-0.15, -0.1) is 11.3 Å².